The minimum absolute atomic E-state index is 0.527. The molecule has 0 radical (unpaired) electrons. The molecule has 0 aliphatic heterocycles. The van der Waals surface area contributed by atoms with Gasteiger partial charge in [-0.25, -0.2) is 0 Å². The molecule has 1 aromatic carbocycles. The van der Waals surface area contributed by atoms with Crippen molar-refractivity contribution >= 4 is 17.2 Å². The molecule has 0 aliphatic carbocycles. The molecule has 3 heteroatoms. The van der Waals surface area contributed by atoms with Crippen LogP contribution in [-0.2, 0) is 17.8 Å². The largest absolute Gasteiger partial charge is 0.393 e. The van der Waals surface area contributed by atoms with Gasteiger partial charge in [0.25, 0.3) is 0 Å². The molecular weight excluding hydrogens is 182 g/mol. The summed E-state index contributed by atoms with van der Waals surface area (Å²) in [6.07, 6.45) is 0.669. The van der Waals surface area contributed by atoms with Gasteiger partial charge < -0.3 is 10.5 Å². The van der Waals surface area contributed by atoms with E-state index in [0.29, 0.717) is 18.0 Å². The molecule has 0 fully saturated rings. The van der Waals surface area contributed by atoms with E-state index in [1.807, 2.05) is 24.3 Å². The average Bonchev–Trinajstić information content (AvgIpc) is 2.08. The zero-order valence-electron chi connectivity index (χ0n) is 7.62. The van der Waals surface area contributed by atoms with E-state index in [-0.39, 0.29) is 0 Å². The third-order valence-corrected chi connectivity index (χ3v) is 1.86. The first-order valence-electron chi connectivity index (χ1n) is 4.07. The van der Waals surface area contributed by atoms with Crippen molar-refractivity contribution < 1.29 is 4.74 Å². The molecule has 13 heavy (non-hydrogen) atoms. The number of methoxy groups -OCH3 is 1. The molecule has 0 saturated carbocycles. The summed E-state index contributed by atoms with van der Waals surface area (Å²) in [5.74, 6) is 0. The standard InChI is InChI=1S/C10H13NOS/c1-12-7-9-4-2-8(3-5-9)6-10(11)13/h2-5H,6-7H2,1H3,(H2,11,13). The van der Waals surface area contributed by atoms with Gasteiger partial charge in [0.1, 0.15) is 0 Å². The van der Waals surface area contributed by atoms with Gasteiger partial charge in [-0.1, -0.05) is 36.5 Å². The van der Waals surface area contributed by atoms with E-state index in [1.165, 1.54) is 0 Å². The van der Waals surface area contributed by atoms with Crippen LogP contribution in [0, 0.1) is 0 Å². The fourth-order valence-electron chi connectivity index (χ4n) is 1.12. The Balaban J connectivity index is 2.64. The van der Waals surface area contributed by atoms with Gasteiger partial charge in [-0.3, -0.25) is 0 Å². The van der Waals surface area contributed by atoms with Gasteiger partial charge in [0, 0.05) is 13.5 Å². The first-order valence-corrected chi connectivity index (χ1v) is 4.48. The first kappa shape index (κ1) is 10.2. The zero-order valence-corrected chi connectivity index (χ0v) is 8.43. The van der Waals surface area contributed by atoms with E-state index in [0.717, 1.165) is 11.1 Å². The van der Waals surface area contributed by atoms with E-state index in [4.69, 9.17) is 22.7 Å². The van der Waals surface area contributed by atoms with Crippen LogP contribution < -0.4 is 5.73 Å². The van der Waals surface area contributed by atoms with E-state index in [2.05, 4.69) is 0 Å². The Bertz CT molecular complexity index is 281. The van der Waals surface area contributed by atoms with Crippen LogP contribution in [0.5, 0.6) is 0 Å². The Morgan fingerprint density at radius 3 is 2.31 bits per heavy atom. The van der Waals surface area contributed by atoms with Crippen LogP contribution in [0.4, 0.5) is 0 Å². The molecule has 0 saturated heterocycles. The fraction of sp³-hybridized carbons (Fsp3) is 0.300. The first-order chi connectivity index (χ1) is 6.22. The molecule has 1 aromatic rings. The monoisotopic (exact) mass is 195 g/mol. The van der Waals surface area contributed by atoms with Crippen LogP contribution in [0.25, 0.3) is 0 Å². The predicted octanol–water partition coefficient (Wildman–Crippen LogP) is 1.66. The molecule has 0 heterocycles. The van der Waals surface area contributed by atoms with Gasteiger partial charge in [0.2, 0.25) is 0 Å². The Morgan fingerprint density at radius 1 is 1.31 bits per heavy atom. The Hall–Kier alpha value is -0.930. The second kappa shape index (κ2) is 4.94. The molecule has 0 amide bonds. The number of benzene rings is 1. The minimum atomic E-state index is 0.527. The summed E-state index contributed by atoms with van der Waals surface area (Å²) in [4.78, 5) is 0.527. The highest BCUT2D eigenvalue weighted by Crippen LogP contribution is 2.05. The summed E-state index contributed by atoms with van der Waals surface area (Å²) in [5, 5.41) is 0. The van der Waals surface area contributed by atoms with Gasteiger partial charge in [0.05, 0.1) is 11.6 Å². The van der Waals surface area contributed by atoms with Gasteiger partial charge in [-0.15, -0.1) is 0 Å². The summed E-state index contributed by atoms with van der Waals surface area (Å²) < 4.78 is 5.00. The lowest BCUT2D eigenvalue weighted by Gasteiger charge is -2.02. The summed E-state index contributed by atoms with van der Waals surface area (Å²) in [5.41, 5.74) is 7.73. The lowest BCUT2D eigenvalue weighted by Crippen LogP contribution is -2.10. The molecular formula is C10H13NOS. The van der Waals surface area contributed by atoms with Gasteiger partial charge >= 0.3 is 0 Å². The molecule has 0 aromatic heterocycles. The molecule has 0 bridgehead atoms. The lowest BCUT2D eigenvalue weighted by atomic mass is 10.1. The highest BCUT2D eigenvalue weighted by molar-refractivity contribution is 7.80. The van der Waals surface area contributed by atoms with E-state index >= 15 is 0 Å². The Labute approximate surface area is 83.7 Å². The zero-order chi connectivity index (χ0) is 9.68. The predicted molar refractivity (Wildman–Crippen MR) is 57.6 cm³/mol. The van der Waals surface area contributed by atoms with Gasteiger partial charge in [-0.05, 0) is 11.1 Å². The number of thiocarbonyl (C=S) groups is 1. The smallest absolute Gasteiger partial charge is 0.0771 e. The number of hydrogen-bond donors (Lipinski definition) is 1. The minimum Gasteiger partial charge on any atom is -0.393 e. The van der Waals surface area contributed by atoms with Crippen molar-refractivity contribution in [3.05, 3.63) is 35.4 Å². The molecule has 70 valence electrons. The highest BCUT2D eigenvalue weighted by atomic mass is 32.1. The van der Waals surface area contributed by atoms with Crippen LogP contribution in [0.3, 0.4) is 0 Å². The molecule has 2 N–H and O–H groups in total. The maximum Gasteiger partial charge on any atom is 0.0771 e. The van der Waals surface area contributed by atoms with E-state index < -0.39 is 0 Å². The Morgan fingerprint density at radius 2 is 1.85 bits per heavy atom. The third-order valence-electron chi connectivity index (χ3n) is 1.71. The molecule has 1 rings (SSSR count). The number of hydrogen-bond acceptors (Lipinski definition) is 2. The second-order valence-electron chi connectivity index (χ2n) is 2.89. The highest BCUT2D eigenvalue weighted by Gasteiger charge is 1.95. The van der Waals surface area contributed by atoms with Crippen molar-refractivity contribution in [1.29, 1.82) is 0 Å². The van der Waals surface area contributed by atoms with Crippen LogP contribution >= 0.6 is 12.2 Å². The van der Waals surface area contributed by atoms with Crippen molar-refractivity contribution in [2.45, 2.75) is 13.0 Å². The van der Waals surface area contributed by atoms with Gasteiger partial charge in [-0.2, -0.15) is 0 Å². The summed E-state index contributed by atoms with van der Waals surface area (Å²) in [6.45, 7) is 0.646. The van der Waals surface area contributed by atoms with Crippen LogP contribution in [-0.4, -0.2) is 12.1 Å². The molecule has 0 spiro atoms. The SMILES string of the molecule is COCc1ccc(CC(N)=S)cc1. The average molecular weight is 195 g/mol. The van der Waals surface area contributed by atoms with Crippen molar-refractivity contribution in [3.8, 4) is 0 Å². The quantitative estimate of drug-likeness (QED) is 0.742. The van der Waals surface area contributed by atoms with Crippen LogP contribution in [0.2, 0.25) is 0 Å². The van der Waals surface area contributed by atoms with E-state index in [1.54, 1.807) is 7.11 Å². The maximum atomic E-state index is 5.43. The van der Waals surface area contributed by atoms with Crippen molar-refractivity contribution in [2.24, 2.45) is 5.73 Å². The maximum absolute atomic E-state index is 5.43. The van der Waals surface area contributed by atoms with Crippen molar-refractivity contribution in [3.63, 3.8) is 0 Å². The Kier molecular flexibility index (Phi) is 3.86. The van der Waals surface area contributed by atoms with Crippen LogP contribution in [0.1, 0.15) is 11.1 Å². The number of ether oxygens (including phenoxy) is 1. The molecule has 0 aliphatic rings. The van der Waals surface area contributed by atoms with E-state index in [9.17, 15) is 0 Å². The molecule has 0 atom stereocenters. The summed E-state index contributed by atoms with van der Waals surface area (Å²) in [7, 11) is 1.68. The summed E-state index contributed by atoms with van der Waals surface area (Å²) >= 11 is 4.81. The van der Waals surface area contributed by atoms with Crippen molar-refractivity contribution in [1.82, 2.24) is 0 Å². The fourth-order valence-corrected chi connectivity index (χ4v) is 1.29. The van der Waals surface area contributed by atoms with Gasteiger partial charge in [0.15, 0.2) is 0 Å². The second-order valence-corrected chi connectivity index (χ2v) is 3.42. The normalized spacial score (nSPS) is 9.92. The lowest BCUT2D eigenvalue weighted by molar-refractivity contribution is 0.185. The third kappa shape index (κ3) is 3.53. The topological polar surface area (TPSA) is 35.2 Å². The molecule has 0 unspecified atom stereocenters. The number of nitrogens with two attached hydrogens (primary N) is 1. The van der Waals surface area contributed by atoms with Crippen LogP contribution in [0.15, 0.2) is 24.3 Å². The van der Waals surface area contributed by atoms with Crippen molar-refractivity contribution in [2.75, 3.05) is 7.11 Å². The molecule has 2 nitrogen and oxygen atoms in total. The summed E-state index contributed by atoms with van der Waals surface area (Å²) in [6, 6.07) is 8.09. The number of rotatable bonds is 4.